The Labute approximate surface area is 241 Å². The monoisotopic (exact) mass is 581 g/mol. The van der Waals surface area contributed by atoms with Crippen molar-refractivity contribution in [1.82, 2.24) is 29.6 Å². The van der Waals surface area contributed by atoms with Gasteiger partial charge in [-0.15, -0.1) is 10.2 Å². The lowest BCUT2D eigenvalue weighted by atomic mass is 10.1. The van der Waals surface area contributed by atoms with E-state index >= 15 is 0 Å². The van der Waals surface area contributed by atoms with Crippen LogP contribution in [0.3, 0.4) is 0 Å². The summed E-state index contributed by atoms with van der Waals surface area (Å²) in [6.07, 6.45) is 5.55. The SMILES string of the molecule is CCNc1ncc2c(-n3cnc(C=O)c3)nnc(NCc3ccc(OC)c(Cl)c3)c2c1C=N.CN1CC(O)C(O)C1. The second-order valence-corrected chi connectivity index (χ2v) is 9.77. The molecular weight excluding hydrogens is 550 g/mol. The van der Waals surface area contributed by atoms with Crippen molar-refractivity contribution in [3.63, 3.8) is 0 Å². The molecule has 0 saturated carbocycles. The molecule has 216 valence electrons. The summed E-state index contributed by atoms with van der Waals surface area (Å²) in [6, 6.07) is 5.51. The van der Waals surface area contributed by atoms with Gasteiger partial charge in [0.2, 0.25) is 0 Å². The zero-order chi connectivity index (χ0) is 29.5. The van der Waals surface area contributed by atoms with Crippen molar-refractivity contribution in [2.45, 2.75) is 25.7 Å². The fourth-order valence-corrected chi connectivity index (χ4v) is 4.67. The van der Waals surface area contributed by atoms with Crippen LogP contribution in [0.2, 0.25) is 5.02 Å². The molecule has 5 N–H and O–H groups in total. The number of rotatable bonds is 9. The van der Waals surface area contributed by atoms with Crippen LogP contribution in [0.15, 0.2) is 36.9 Å². The third-order valence-corrected chi connectivity index (χ3v) is 6.71. The van der Waals surface area contributed by atoms with Gasteiger partial charge in [0, 0.05) is 61.1 Å². The average molecular weight is 582 g/mol. The van der Waals surface area contributed by atoms with E-state index < -0.39 is 12.2 Å². The van der Waals surface area contributed by atoms with Crippen molar-refractivity contribution in [3.8, 4) is 11.6 Å². The molecule has 0 bridgehead atoms. The predicted molar refractivity (Wildman–Crippen MR) is 157 cm³/mol. The number of benzene rings is 1. The summed E-state index contributed by atoms with van der Waals surface area (Å²) in [5, 5.41) is 42.8. The minimum absolute atomic E-state index is 0.271. The Morgan fingerprint density at radius 3 is 2.49 bits per heavy atom. The van der Waals surface area contributed by atoms with E-state index in [9.17, 15) is 4.79 Å². The molecule has 4 aromatic rings. The Kier molecular flexibility index (Phi) is 9.78. The van der Waals surface area contributed by atoms with Crippen LogP contribution < -0.4 is 15.4 Å². The number of imidazole rings is 1. The summed E-state index contributed by atoms with van der Waals surface area (Å²) in [7, 11) is 3.44. The molecule has 1 saturated heterocycles. The fourth-order valence-electron chi connectivity index (χ4n) is 4.39. The van der Waals surface area contributed by atoms with Crippen LogP contribution in [-0.4, -0.2) is 98.3 Å². The molecule has 1 aliphatic heterocycles. The van der Waals surface area contributed by atoms with Gasteiger partial charge in [0.25, 0.3) is 0 Å². The number of anilines is 2. The minimum atomic E-state index is -0.528. The molecule has 0 radical (unpaired) electrons. The lowest BCUT2D eigenvalue weighted by molar-refractivity contribution is 0.0572. The van der Waals surface area contributed by atoms with Crippen molar-refractivity contribution >= 4 is 46.5 Å². The van der Waals surface area contributed by atoms with E-state index in [0.717, 1.165) is 5.56 Å². The van der Waals surface area contributed by atoms with Crippen molar-refractivity contribution in [2.75, 3.05) is 44.4 Å². The summed E-state index contributed by atoms with van der Waals surface area (Å²) in [5.74, 6) is 2.09. The molecule has 4 heterocycles. The number of carbonyl (C=O) groups is 1. The van der Waals surface area contributed by atoms with Gasteiger partial charge in [0.15, 0.2) is 17.9 Å². The molecule has 1 fully saturated rings. The molecule has 0 spiro atoms. The van der Waals surface area contributed by atoms with Gasteiger partial charge in [0.05, 0.1) is 24.3 Å². The van der Waals surface area contributed by atoms with Gasteiger partial charge < -0.3 is 35.9 Å². The number of nitrogens with zero attached hydrogens (tertiary/aromatic N) is 6. The summed E-state index contributed by atoms with van der Waals surface area (Å²) >= 11 is 6.25. The highest BCUT2D eigenvalue weighted by molar-refractivity contribution is 6.32. The zero-order valence-corrected chi connectivity index (χ0v) is 23.6. The average Bonchev–Trinajstić information content (AvgIpc) is 3.56. The van der Waals surface area contributed by atoms with Gasteiger partial charge in [-0.1, -0.05) is 17.7 Å². The standard InChI is InChI=1S/C22H21ClN8O2.C5H11NO2/c1-3-25-20-15(7-24)19-16(9-27-20)22(31-10-14(11-32)28-12-31)30-29-21(19)26-8-13-4-5-18(33-2)17(23)6-13;1-6-2-4(7)5(8)3-6/h4-7,9-12,24H,3,8H2,1-2H3,(H,25,27)(H,26,29);4-5,7-8H,2-3H2,1H3. The number of aliphatic hydroxyl groups excluding tert-OH is 2. The number of likely N-dealkylation sites (tertiary alicyclic amines) is 1. The number of aromatic nitrogens is 5. The van der Waals surface area contributed by atoms with Crippen LogP contribution in [-0.2, 0) is 6.54 Å². The maximum Gasteiger partial charge on any atom is 0.170 e. The van der Waals surface area contributed by atoms with Crippen molar-refractivity contribution in [3.05, 3.63) is 58.8 Å². The van der Waals surface area contributed by atoms with Crippen molar-refractivity contribution < 1.29 is 19.7 Å². The molecule has 0 amide bonds. The normalized spacial score (nSPS) is 16.6. The number of aliphatic hydroxyl groups is 2. The van der Waals surface area contributed by atoms with Crippen LogP contribution >= 0.6 is 11.6 Å². The quantitative estimate of drug-likeness (QED) is 0.145. The Bertz CT molecular complexity index is 1520. The lowest BCUT2D eigenvalue weighted by Gasteiger charge is -2.15. The first-order chi connectivity index (χ1) is 19.8. The van der Waals surface area contributed by atoms with Gasteiger partial charge in [0.1, 0.15) is 23.6 Å². The molecule has 5 rings (SSSR count). The number of hydrogen-bond acceptors (Lipinski definition) is 12. The molecule has 2 unspecified atom stereocenters. The first kappa shape index (κ1) is 29.8. The molecule has 2 atom stereocenters. The van der Waals surface area contributed by atoms with E-state index in [1.54, 1.807) is 30.1 Å². The second kappa shape index (κ2) is 13.5. The van der Waals surface area contributed by atoms with Crippen LogP contribution in [0.5, 0.6) is 5.75 Å². The van der Waals surface area contributed by atoms with Gasteiger partial charge in [-0.2, -0.15) is 0 Å². The number of likely N-dealkylation sites (N-methyl/N-ethyl adjacent to an activating group) is 1. The molecule has 3 aromatic heterocycles. The third kappa shape index (κ3) is 6.77. The summed E-state index contributed by atoms with van der Waals surface area (Å²) in [6.45, 7) is 4.21. The molecule has 0 aliphatic carbocycles. The summed E-state index contributed by atoms with van der Waals surface area (Å²) in [5.41, 5.74) is 1.76. The number of pyridine rings is 1. The van der Waals surface area contributed by atoms with E-state index in [1.165, 1.54) is 12.5 Å². The molecule has 41 heavy (non-hydrogen) atoms. The van der Waals surface area contributed by atoms with E-state index in [1.807, 2.05) is 31.0 Å². The second-order valence-electron chi connectivity index (χ2n) is 9.36. The maximum atomic E-state index is 11.1. The fraction of sp³-hybridized carbons (Fsp3) is 0.333. The van der Waals surface area contributed by atoms with E-state index in [2.05, 4.69) is 30.8 Å². The minimum Gasteiger partial charge on any atom is -0.495 e. The lowest BCUT2D eigenvalue weighted by Crippen LogP contribution is -2.22. The molecule has 13 nitrogen and oxygen atoms in total. The maximum absolute atomic E-state index is 11.1. The van der Waals surface area contributed by atoms with Crippen LogP contribution in [0.1, 0.15) is 28.5 Å². The number of methoxy groups -OCH3 is 1. The van der Waals surface area contributed by atoms with E-state index in [0.29, 0.717) is 77.0 Å². The van der Waals surface area contributed by atoms with Crippen LogP contribution in [0.25, 0.3) is 16.6 Å². The highest BCUT2D eigenvalue weighted by Gasteiger charge is 2.26. The first-order valence-electron chi connectivity index (χ1n) is 12.8. The van der Waals surface area contributed by atoms with Gasteiger partial charge in [-0.25, -0.2) is 9.97 Å². The first-order valence-corrected chi connectivity index (χ1v) is 13.2. The zero-order valence-electron chi connectivity index (χ0n) is 22.9. The van der Waals surface area contributed by atoms with Crippen molar-refractivity contribution in [1.29, 1.82) is 5.41 Å². The van der Waals surface area contributed by atoms with Gasteiger partial charge >= 0.3 is 0 Å². The summed E-state index contributed by atoms with van der Waals surface area (Å²) < 4.78 is 6.81. The Morgan fingerprint density at radius 2 is 1.93 bits per heavy atom. The van der Waals surface area contributed by atoms with Gasteiger partial charge in [-0.05, 0) is 31.7 Å². The predicted octanol–water partition coefficient (Wildman–Crippen LogP) is 2.38. The number of carbonyl (C=O) groups excluding carboxylic acids is 1. The topological polar surface area (TPSA) is 174 Å². The number of fused-ring (bicyclic) bond motifs is 1. The van der Waals surface area contributed by atoms with Gasteiger partial charge in [-0.3, -0.25) is 9.36 Å². The molecule has 1 aromatic carbocycles. The van der Waals surface area contributed by atoms with Crippen LogP contribution in [0, 0.1) is 5.41 Å². The highest BCUT2D eigenvalue weighted by Crippen LogP contribution is 2.32. The molecule has 1 aliphatic rings. The number of ether oxygens (including phenoxy) is 1. The van der Waals surface area contributed by atoms with E-state index in [-0.39, 0.29) is 5.69 Å². The number of β-amino-alcohol motifs (C(OH)–C–C–N with tert-alkyl or cyclic N) is 2. The van der Waals surface area contributed by atoms with Crippen molar-refractivity contribution in [2.24, 2.45) is 0 Å². The van der Waals surface area contributed by atoms with E-state index in [4.69, 9.17) is 32.0 Å². The largest absolute Gasteiger partial charge is 0.495 e. The number of hydrogen-bond donors (Lipinski definition) is 5. The Hall–Kier alpha value is -4.17. The summed E-state index contributed by atoms with van der Waals surface area (Å²) in [4.78, 5) is 21.5. The number of nitrogens with one attached hydrogen (secondary N) is 3. The molecular formula is C27H32ClN9O4. The number of halogens is 1. The Balaban J connectivity index is 0.000000417. The number of aldehydes is 1. The Morgan fingerprint density at radius 1 is 1.17 bits per heavy atom. The third-order valence-electron chi connectivity index (χ3n) is 6.41. The highest BCUT2D eigenvalue weighted by atomic mass is 35.5. The van der Waals surface area contributed by atoms with Crippen LogP contribution in [0.4, 0.5) is 11.6 Å². The molecule has 14 heteroatoms. The smallest absolute Gasteiger partial charge is 0.170 e.